The average Bonchev–Trinajstić information content (AvgIpc) is 3.08. The molecule has 3 unspecified atom stereocenters. The lowest BCUT2D eigenvalue weighted by molar-refractivity contribution is -0.181. The van der Waals surface area contributed by atoms with Crippen LogP contribution >= 0.6 is 11.6 Å². The Kier molecular flexibility index (Phi) is 5.57. The van der Waals surface area contributed by atoms with Gasteiger partial charge in [0.15, 0.2) is 6.10 Å². The van der Waals surface area contributed by atoms with E-state index in [4.69, 9.17) is 21.2 Å². The summed E-state index contributed by atoms with van der Waals surface area (Å²) in [6.45, 7) is 0.650. The van der Waals surface area contributed by atoms with Crippen LogP contribution in [0, 0.1) is 5.92 Å². The molecule has 1 aromatic rings. The van der Waals surface area contributed by atoms with Gasteiger partial charge in [0.05, 0.1) is 18.6 Å². The van der Waals surface area contributed by atoms with Crippen molar-refractivity contribution in [3.63, 3.8) is 0 Å². The number of halogens is 1. The molecule has 0 radical (unpaired) electrons. The van der Waals surface area contributed by atoms with Crippen molar-refractivity contribution in [3.05, 3.63) is 34.9 Å². The van der Waals surface area contributed by atoms with Gasteiger partial charge >= 0.3 is 0 Å². The van der Waals surface area contributed by atoms with Crippen LogP contribution in [0.2, 0.25) is 5.02 Å². The van der Waals surface area contributed by atoms with E-state index in [0.717, 1.165) is 10.5 Å². The van der Waals surface area contributed by atoms with Crippen LogP contribution in [-0.4, -0.2) is 67.6 Å². The van der Waals surface area contributed by atoms with E-state index in [0.29, 0.717) is 18.2 Å². The fourth-order valence-corrected chi connectivity index (χ4v) is 3.39. The predicted octanol–water partition coefficient (Wildman–Crippen LogP) is 0.374. The molecule has 0 spiro atoms. The van der Waals surface area contributed by atoms with E-state index in [2.05, 4.69) is 5.32 Å². The van der Waals surface area contributed by atoms with Crippen molar-refractivity contribution in [2.24, 2.45) is 5.92 Å². The van der Waals surface area contributed by atoms with Gasteiger partial charge in [-0.1, -0.05) is 23.7 Å². The number of fused-ring (bicyclic) bond motifs is 1. The fourth-order valence-electron chi connectivity index (χ4n) is 3.27. The quantitative estimate of drug-likeness (QED) is 0.566. The number of imide groups is 1. The van der Waals surface area contributed by atoms with Gasteiger partial charge < -0.3 is 10.1 Å². The topological polar surface area (TPSA) is 88.2 Å². The summed E-state index contributed by atoms with van der Waals surface area (Å²) >= 11 is 5.95. The van der Waals surface area contributed by atoms with Crippen molar-refractivity contribution < 1.29 is 24.0 Å². The first-order valence-electron chi connectivity index (χ1n) is 8.20. The monoisotopic (exact) mass is 381 g/mol. The normalized spacial score (nSPS) is 25.7. The number of benzene rings is 1. The summed E-state index contributed by atoms with van der Waals surface area (Å²) in [5, 5.41) is 4.66. The Hall–Kier alpha value is -2.00. The summed E-state index contributed by atoms with van der Waals surface area (Å²) in [6.07, 6.45) is -0.917. The molecule has 3 rings (SSSR count). The molecule has 0 aromatic heterocycles. The van der Waals surface area contributed by atoms with E-state index in [-0.39, 0.29) is 18.4 Å². The Bertz CT molecular complexity index is 711. The van der Waals surface area contributed by atoms with E-state index in [1.807, 2.05) is 0 Å². The zero-order chi connectivity index (χ0) is 18.8. The molecule has 0 aliphatic carbocycles. The number of likely N-dealkylation sites (N-methyl/N-ethyl adjacent to an activating group) is 1. The molecule has 1 aromatic carbocycles. The van der Waals surface area contributed by atoms with Crippen molar-refractivity contribution in [2.75, 3.05) is 33.9 Å². The molecule has 140 valence electrons. The molecule has 9 heteroatoms. The highest BCUT2D eigenvalue weighted by atomic mass is 35.5. The maximum Gasteiger partial charge on any atom is 0.261 e. The molecule has 26 heavy (non-hydrogen) atoms. The lowest BCUT2D eigenvalue weighted by atomic mass is 9.91. The number of rotatable bonds is 6. The van der Waals surface area contributed by atoms with Gasteiger partial charge in [0, 0.05) is 25.7 Å². The van der Waals surface area contributed by atoms with Gasteiger partial charge in [0.1, 0.15) is 6.54 Å². The van der Waals surface area contributed by atoms with E-state index >= 15 is 0 Å². The molecule has 2 aliphatic heterocycles. The van der Waals surface area contributed by atoms with Crippen LogP contribution in [0.15, 0.2) is 24.3 Å². The first kappa shape index (κ1) is 18.8. The van der Waals surface area contributed by atoms with E-state index in [9.17, 15) is 14.4 Å². The summed E-state index contributed by atoms with van der Waals surface area (Å²) < 4.78 is 4.90. The predicted molar refractivity (Wildman–Crippen MR) is 91.9 cm³/mol. The minimum Gasteiger partial charge on any atom is -0.383 e. The second kappa shape index (κ2) is 7.71. The number of likely N-dealkylation sites (tertiary alicyclic amines) is 1. The Balaban J connectivity index is 1.83. The molecule has 2 fully saturated rings. The lowest BCUT2D eigenvalue weighted by Gasteiger charge is -2.26. The van der Waals surface area contributed by atoms with E-state index in [1.165, 1.54) is 12.1 Å². The summed E-state index contributed by atoms with van der Waals surface area (Å²) in [6, 6.07) is 6.39. The van der Waals surface area contributed by atoms with Crippen molar-refractivity contribution in [1.82, 2.24) is 15.3 Å². The first-order chi connectivity index (χ1) is 12.4. The second-order valence-electron chi connectivity index (χ2n) is 6.20. The Morgan fingerprint density at radius 2 is 1.96 bits per heavy atom. The number of hydroxylamine groups is 2. The van der Waals surface area contributed by atoms with Crippen LogP contribution in [0.25, 0.3) is 0 Å². The van der Waals surface area contributed by atoms with Crippen LogP contribution in [-0.2, 0) is 24.0 Å². The zero-order valence-electron chi connectivity index (χ0n) is 14.5. The molecular formula is C17H20ClN3O5. The number of methoxy groups -OCH3 is 1. The van der Waals surface area contributed by atoms with Gasteiger partial charge in [-0.2, -0.15) is 5.06 Å². The number of carbonyl (C=O) groups excluding carboxylic acids is 3. The van der Waals surface area contributed by atoms with Crippen molar-refractivity contribution >= 4 is 29.3 Å². The zero-order valence-corrected chi connectivity index (χ0v) is 15.2. The maximum absolute atomic E-state index is 12.5. The number of hydrogen-bond acceptors (Lipinski definition) is 6. The minimum atomic E-state index is -0.917. The largest absolute Gasteiger partial charge is 0.383 e. The molecular weight excluding hydrogens is 362 g/mol. The number of nitrogens with zero attached hydrogens (tertiary/aromatic N) is 2. The van der Waals surface area contributed by atoms with Gasteiger partial charge in [-0.25, -0.2) is 0 Å². The summed E-state index contributed by atoms with van der Waals surface area (Å²) in [5.74, 6) is -1.70. The Labute approximate surface area is 155 Å². The number of carbonyl (C=O) groups is 3. The highest BCUT2D eigenvalue weighted by Gasteiger charge is 2.58. The Morgan fingerprint density at radius 3 is 2.62 bits per heavy atom. The molecule has 3 atom stereocenters. The number of ether oxygens (including phenoxy) is 1. The molecule has 2 heterocycles. The third-order valence-electron chi connectivity index (χ3n) is 4.55. The third kappa shape index (κ3) is 3.45. The number of amides is 3. The summed E-state index contributed by atoms with van der Waals surface area (Å²) in [4.78, 5) is 43.8. The minimum absolute atomic E-state index is 0.103. The van der Waals surface area contributed by atoms with Gasteiger partial charge in [-0.05, 0) is 17.7 Å². The van der Waals surface area contributed by atoms with E-state index < -0.39 is 24.0 Å². The van der Waals surface area contributed by atoms with Crippen LogP contribution in [0.5, 0.6) is 0 Å². The van der Waals surface area contributed by atoms with Crippen molar-refractivity contribution in [1.29, 1.82) is 0 Å². The molecule has 8 nitrogen and oxygen atoms in total. The van der Waals surface area contributed by atoms with Gasteiger partial charge in [-0.3, -0.25) is 24.1 Å². The maximum atomic E-state index is 12.5. The molecule has 0 saturated carbocycles. The van der Waals surface area contributed by atoms with Gasteiger partial charge in [0.25, 0.3) is 5.91 Å². The fraction of sp³-hybridized carbons (Fsp3) is 0.471. The highest BCUT2D eigenvalue weighted by Crippen LogP contribution is 2.44. The average molecular weight is 382 g/mol. The smallest absolute Gasteiger partial charge is 0.261 e. The third-order valence-corrected chi connectivity index (χ3v) is 4.81. The highest BCUT2D eigenvalue weighted by molar-refractivity contribution is 6.30. The van der Waals surface area contributed by atoms with Crippen LogP contribution in [0.4, 0.5) is 0 Å². The molecule has 2 aliphatic rings. The SMILES string of the molecule is COCCNC(=O)CN1OC2C(=O)N(C)C(=O)C2C1c1ccc(Cl)cc1. The molecule has 0 bridgehead atoms. The first-order valence-corrected chi connectivity index (χ1v) is 8.57. The Morgan fingerprint density at radius 1 is 1.27 bits per heavy atom. The molecule has 2 saturated heterocycles. The lowest BCUT2D eigenvalue weighted by Crippen LogP contribution is -2.40. The van der Waals surface area contributed by atoms with E-state index in [1.54, 1.807) is 31.4 Å². The van der Waals surface area contributed by atoms with Crippen molar-refractivity contribution in [3.8, 4) is 0 Å². The van der Waals surface area contributed by atoms with Crippen LogP contribution in [0.3, 0.4) is 0 Å². The number of nitrogens with one attached hydrogen (secondary N) is 1. The van der Waals surface area contributed by atoms with Gasteiger partial charge in [-0.15, -0.1) is 0 Å². The van der Waals surface area contributed by atoms with Crippen molar-refractivity contribution in [2.45, 2.75) is 12.1 Å². The van der Waals surface area contributed by atoms with Crippen LogP contribution < -0.4 is 5.32 Å². The van der Waals surface area contributed by atoms with Crippen LogP contribution in [0.1, 0.15) is 11.6 Å². The molecule has 1 N–H and O–H groups in total. The second-order valence-corrected chi connectivity index (χ2v) is 6.64. The number of hydrogen-bond donors (Lipinski definition) is 1. The standard InChI is InChI=1S/C17H20ClN3O5/c1-20-16(23)13-14(10-3-5-11(18)6-4-10)21(26-15(13)17(20)24)9-12(22)19-7-8-25-2/h3-6,13-15H,7-9H2,1-2H3,(H,19,22). The van der Waals surface area contributed by atoms with Gasteiger partial charge in [0.2, 0.25) is 11.8 Å². The molecule has 3 amide bonds. The summed E-state index contributed by atoms with van der Waals surface area (Å²) in [7, 11) is 2.98. The summed E-state index contributed by atoms with van der Waals surface area (Å²) in [5.41, 5.74) is 0.753.